The van der Waals surface area contributed by atoms with E-state index in [1.54, 1.807) is 11.0 Å². The Balaban J connectivity index is 1.45. The highest BCUT2D eigenvalue weighted by atomic mass is 32.2. The Morgan fingerprint density at radius 3 is 2.60 bits per heavy atom. The molecule has 4 aromatic rings. The zero-order chi connectivity index (χ0) is 24.4. The number of hydrogen-bond acceptors (Lipinski definition) is 6. The third kappa shape index (κ3) is 4.93. The smallest absolute Gasteiger partial charge is 0.276 e. The molecule has 0 spiro atoms. The van der Waals surface area contributed by atoms with Crippen molar-refractivity contribution in [1.82, 2.24) is 10.1 Å². The van der Waals surface area contributed by atoms with Gasteiger partial charge in [0.1, 0.15) is 5.75 Å². The Labute approximate surface area is 204 Å². The van der Waals surface area contributed by atoms with E-state index >= 15 is 0 Å². The third-order valence-corrected chi connectivity index (χ3v) is 8.06. The minimum absolute atomic E-state index is 0.0485. The van der Waals surface area contributed by atoms with Crippen molar-refractivity contribution in [2.45, 2.75) is 25.9 Å². The van der Waals surface area contributed by atoms with Gasteiger partial charge in [-0.25, -0.2) is 8.42 Å². The number of carbonyl (C=O) groups is 1. The minimum Gasteiger partial charge on any atom is -0.494 e. The molecular weight excluding hydrogens is 464 g/mol. The Bertz CT molecular complexity index is 1460. The van der Waals surface area contributed by atoms with Gasteiger partial charge in [0.25, 0.3) is 5.91 Å². The predicted octanol–water partition coefficient (Wildman–Crippen LogP) is 4.72. The maximum Gasteiger partial charge on any atom is 0.276 e. The van der Waals surface area contributed by atoms with E-state index in [0.29, 0.717) is 18.8 Å². The Kier molecular flexibility index (Phi) is 6.30. The van der Waals surface area contributed by atoms with Gasteiger partial charge in [-0.2, -0.15) is 0 Å². The maximum atomic E-state index is 13.7. The Hall–Kier alpha value is -3.65. The van der Waals surface area contributed by atoms with E-state index in [4.69, 9.17) is 9.26 Å². The summed E-state index contributed by atoms with van der Waals surface area (Å²) < 4.78 is 35.5. The first-order valence-corrected chi connectivity index (χ1v) is 13.4. The topological polar surface area (TPSA) is 89.7 Å². The first-order chi connectivity index (χ1) is 16.9. The molecule has 1 aliphatic heterocycles. The van der Waals surface area contributed by atoms with Crippen LogP contribution in [0.2, 0.25) is 0 Å². The monoisotopic (exact) mass is 490 g/mol. The quantitative estimate of drug-likeness (QED) is 0.372. The molecule has 1 fully saturated rings. The molecule has 0 aliphatic carbocycles. The fourth-order valence-electron chi connectivity index (χ4n) is 4.54. The van der Waals surface area contributed by atoms with Gasteiger partial charge in [0.05, 0.1) is 18.1 Å². The van der Waals surface area contributed by atoms with Gasteiger partial charge in [0.2, 0.25) is 0 Å². The second kappa shape index (κ2) is 9.54. The molecule has 1 atom stereocenters. The molecule has 0 saturated carbocycles. The van der Waals surface area contributed by atoms with Crippen LogP contribution in [0.3, 0.4) is 0 Å². The van der Waals surface area contributed by atoms with E-state index in [2.05, 4.69) is 5.16 Å². The highest BCUT2D eigenvalue weighted by molar-refractivity contribution is 7.91. The van der Waals surface area contributed by atoms with Crippen LogP contribution in [0.25, 0.3) is 22.1 Å². The minimum atomic E-state index is -3.19. The summed E-state index contributed by atoms with van der Waals surface area (Å²) in [6.07, 6.45) is 0.405. The SMILES string of the molecule is CCOc1ccc(-c2cc(C(=O)N(Cc3cccc4ccccc34)[C@H]3CCS(=O)(=O)C3)no2)cc1. The van der Waals surface area contributed by atoms with Crippen molar-refractivity contribution in [2.24, 2.45) is 0 Å². The number of sulfone groups is 1. The fourth-order valence-corrected chi connectivity index (χ4v) is 6.27. The number of amides is 1. The summed E-state index contributed by atoms with van der Waals surface area (Å²) in [5, 5.41) is 6.13. The van der Waals surface area contributed by atoms with Crippen molar-refractivity contribution in [3.63, 3.8) is 0 Å². The molecule has 1 aromatic heterocycles. The van der Waals surface area contributed by atoms with Crippen LogP contribution in [0.4, 0.5) is 0 Å². The van der Waals surface area contributed by atoms with E-state index < -0.39 is 15.9 Å². The lowest BCUT2D eigenvalue weighted by Crippen LogP contribution is -2.40. The van der Waals surface area contributed by atoms with Gasteiger partial charge in [0.15, 0.2) is 21.3 Å². The van der Waals surface area contributed by atoms with Gasteiger partial charge in [-0.1, -0.05) is 47.6 Å². The lowest BCUT2D eigenvalue weighted by molar-refractivity contribution is 0.0671. The van der Waals surface area contributed by atoms with Gasteiger partial charge in [0, 0.05) is 24.2 Å². The van der Waals surface area contributed by atoms with Crippen LogP contribution < -0.4 is 4.74 Å². The van der Waals surface area contributed by atoms with E-state index in [-0.39, 0.29) is 29.7 Å². The molecule has 2 heterocycles. The molecule has 1 aliphatic rings. The van der Waals surface area contributed by atoms with Crippen LogP contribution in [-0.2, 0) is 16.4 Å². The van der Waals surface area contributed by atoms with E-state index in [1.807, 2.05) is 73.7 Å². The molecule has 0 N–H and O–H groups in total. The van der Waals surface area contributed by atoms with E-state index in [0.717, 1.165) is 27.6 Å². The number of hydrogen-bond donors (Lipinski definition) is 0. The van der Waals surface area contributed by atoms with Gasteiger partial charge in [-0.05, 0) is 53.9 Å². The maximum absolute atomic E-state index is 13.7. The average molecular weight is 491 g/mol. The van der Waals surface area contributed by atoms with E-state index in [9.17, 15) is 13.2 Å². The third-order valence-electron chi connectivity index (χ3n) is 6.31. The van der Waals surface area contributed by atoms with Gasteiger partial charge in [-0.15, -0.1) is 0 Å². The van der Waals surface area contributed by atoms with Gasteiger partial charge >= 0.3 is 0 Å². The number of benzene rings is 3. The standard InChI is InChI=1S/C27H26N2O5S/c1-2-33-23-12-10-20(11-13-23)26-16-25(28-34-26)27(30)29(22-14-15-35(31,32)18-22)17-21-8-5-7-19-6-3-4-9-24(19)21/h3-13,16,22H,2,14-15,17-18H2,1H3/t22-/m0/s1. The first-order valence-electron chi connectivity index (χ1n) is 11.6. The van der Waals surface area contributed by atoms with Crippen molar-refractivity contribution in [1.29, 1.82) is 0 Å². The summed E-state index contributed by atoms with van der Waals surface area (Å²) in [5.41, 5.74) is 1.87. The molecular formula is C27H26N2O5S. The summed E-state index contributed by atoms with van der Waals surface area (Å²) in [6, 6.07) is 22.4. The number of fused-ring (bicyclic) bond motifs is 1. The molecule has 0 bridgehead atoms. The number of carbonyl (C=O) groups excluding carboxylic acids is 1. The van der Waals surface area contributed by atoms with Crippen molar-refractivity contribution < 1.29 is 22.5 Å². The molecule has 0 unspecified atom stereocenters. The lowest BCUT2D eigenvalue weighted by atomic mass is 10.0. The van der Waals surface area contributed by atoms with E-state index in [1.165, 1.54) is 0 Å². The first kappa shape index (κ1) is 23.1. The number of nitrogens with zero attached hydrogens (tertiary/aromatic N) is 2. The zero-order valence-corrected chi connectivity index (χ0v) is 20.2. The van der Waals surface area contributed by atoms with Crippen molar-refractivity contribution >= 4 is 26.5 Å². The summed E-state index contributed by atoms with van der Waals surface area (Å²) in [5.74, 6) is 0.887. The van der Waals surface area contributed by atoms with Crippen molar-refractivity contribution in [2.75, 3.05) is 18.1 Å². The summed E-state index contributed by atoms with van der Waals surface area (Å²) >= 11 is 0. The van der Waals surface area contributed by atoms with Gasteiger partial charge < -0.3 is 14.2 Å². The lowest BCUT2D eigenvalue weighted by Gasteiger charge is -2.28. The van der Waals surface area contributed by atoms with Crippen molar-refractivity contribution in [3.8, 4) is 17.1 Å². The molecule has 3 aromatic carbocycles. The van der Waals surface area contributed by atoms with Crippen LogP contribution >= 0.6 is 0 Å². The molecule has 8 heteroatoms. The van der Waals surface area contributed by atoms with Crippen LogP contribution in [0.15, 0.2) is 77.3 Å². The predicted molar refractivity (Wildman–Crippen MR) is 134 cm³/mol. The molecule has 35 heavy (non-hydrogen) atoms. The number of ether oxygens (including phenoxy) is 1. The molecule has 5 rings (SSSR count). The molecule has 180 valence electrons. The van der Waals surface area contributed by atoms with Crippen LogP contribution in [-0.4, -0.2) is 48.5 Å². The number of rotatable bonds is 7. The Morgan fingerprint density at radius 1 is 1.09 bits per heavy atom. The molecule has 1 amide bonds. The highest BCUT2D eigenvalue weighted by Gasteiger charge is 2.36. The normalized spacial score (nSPS) is 16.9. The molecule has 1 saturated heterocycles. The summed E-state index contributed by atoms with van der Waals surface area (Å²) in [7, 11) is -3.19. The van der Waals surface area contributed by atoms with Crippen LogP contribution in [0, 0.1) is 0 Å². The van der Waals surface area contributed by atoms with Crippen molar-refractivity contribution in [3.05, 3.63) is 84.1 Å². The summed E-state index contributed by atoms with van der Waals surface area (Å²) in [4.78, 5) is 15.3. The number of aromatic nitrogens is 1. The largest absolute Gasteiger partial charge is 0.494 e. The zero-order valence-electron chi connectivity index (χ0n) is 19.4. The summed E-state index contributed by atoms with van der Waals surface area (Å²) in [6.45, 7) is 2.77. The highest BCUT2D eigenvalue weighted by Crippen LogP contribution is 2.28. The molecule has 0 radical (unpaired) electrons. The second-order valence-electron chi connectivity index (χ2n) is 8.66. The second-order valence-corrected chi connectivity index (χ2v) is 10.9. The van der Waals surface area contributed by atoms with Gasteiger partial charge in [-0.3, -0.25) is 4.79 Å². The Morgan fingerprint density at radius 2 is 1.86 bits per heavy atom. The van der Waals surface area contributed by atoms with Crippen LogP contribution in [0.5, 0.6) is 5.75 Å². The fraction of sp³-hybridized carbons (Fsp3) is 0.259. The van der Waals surface area contributed by atoms with Crippen LogP contribution in [0.1, 0.15) is 29.4 Å². The average Bonchev–Trinajstić information content (AvgIpc) is 3.49. The molecule has 7 nitrogen and oxygen atoms in total.